The number of nitrogens with zero attached hydrogens (tertiary/aromatic N) is 5. The third-order valence-corrected chi connectivity index (χ3v) is 24.9. The van der Waals surface area contributed by atoms with E-state index >= 15 is 0 Å². The molecule has 16 nitrogen and oxygen atoms in total. The molecule has 146 heavy (non-hydrogen) atoms. The normalized spacial score (nSPS) is 10.3. The number of hydrogen-bond donors (Lipinski definition) is 0. The van der Waals surface area contributed by atoms with Gasteiger partial charge in [0.1, 0.15) is 46.0 Å². The van der Waals surface area contributed by atoms with Crippen LogP contribution in [0.25, 0.3) is 22.3 Å². The molecule has 18 radical (unpaired) electrons. The molecule has 19 aromatic carbocycles. The Morgan fingerprint density at radius 3 is 0.733 bits per heavy atom. The summed E-state index contributed by atoms with van der Waals surface area (Å²) >= 11 is 0. The molecule has 19 rings (SSSR count). The highest BCUT2D eigenvalue weighted by Gasteiger charge is 2.26. The van der Waals surface area contributed by atoms with Gasteiger partial charge in [-0.2, -0.15) is 0 Å². The zero-order valence-corrected chi connectivity index (χ0v) is 88.7. The molecule has 0 fully saturated rings. The van der Waals surface area contributed by atoms with Crippen molar-refractivity contribution in [3.05, 3.63) is 467 Å². The SMILES string of the molecule is COc1c(N(c2ccccc2)c2ccccc2)cc([Si])cc1N(c1ccccc1)c1ccccc1.COc1cc([Si])cc(OC)c1OC.COc1cc([Si])ccc1-c1ccc(-c2ccccc2)cc1OC.COc1ccc(N(c2ccc([Si])cc2)c2ccc(OC)cc2)cc1.COc1cccc(N(c2ccc([Si])cc2)c2cccc(OC)c2)c1.[Si]c1ccc(Oc2ccc(N(c3ccccc3)c3ccccc3)cc2)cc1. The number of rotatable bonds is 29. The van der Waals surface area contributed by atoms with Crippen molar-refractivity contribution >= 4 is 178 Å². The summed E-state index contributed by atoms with van der Waals surface area (Å²) in [5.41, 5.74) is 20.0. The molecule has 22 heteroatoms. The molecule has 0 spiro atoms. The standard InChI is InChI=1S/C31H25N2OSi.C24H18NOSi.2C20H18NO2Si.C20H17O2Si.C9H11O3Si/c1-34-31-29(32(24-14-6-2-7-15-24)25-16-8-3-9-17-25)22-28(35)23-30(31)33(26-18-10-4-11-19-26)27-20-12-5-13-21-27;27-24-17-15-23(16-18-24)26-22-13-11-21(12-14-22)25(19-7-3-1-4-8-19)20-9-5-2-6-10-20;1-22-18-9-3-15(4-10-18)21(17-7-13-20(24)14-8-17)16-5-11-19(23-2)12-6-16;1-22-18-7-3-5-16(13-18)21(15-9-11-20(24)12-10-15)17-6-4-8-19(14-17)23-2;1-21-19-12-15(14-6-4-3-5-7-14)8-10-17(19)18-11-9-16(23)13-20(18)22-2;1-10-7-4-6(13)5-8(11-2)9(7)12-3/h2-23H,1H3;1-18H;2*3-14H,1-2H3;3-13H,1-2H3;4-5H,1-3H3. The molecule has 0 bridgehead atoms. The van der Waals surface area contributed by atoms with Crippen LogP contribution in [0.2, 0.25) is 0 Å². The Kier molecular flexibility index (Phi) is 38.4. The molecular formula is C124H107N5O11Si6. The third-order valence-electron chi connectivity index (χ3n) is 23.0. The van der Waals surface area contributed by atoms with Crippen molar-refractivity contribution in [2.24, 2.45) is 0 Å². The van der Waals surface area contributed by atoms with Crippen LogP contribution in [-0.2, 0) is 0 Å². The fourth-order valence-electron chi connectivity index (χ4n) is 16.0. The number of ether oxygens (including phenoxy) is 11. The molecule has 0 amide bonds. The first kappa shape index (κ1) is 105. The lowest BCUT2D eigenvalue weighted by molar-refractivity contribution is 0.325. The lowest BCUT2D eigenvalue weighted by atomic mass is 9.98. The van der Waals surface area contributed by atoms with E-state index in [4.69, 9.17) is 52.1 Å². The van der Waals surface area contributed by atoms with Gasteiger partial charge in [-0.15, -0.1) is 0 Å². The van der Waals surface area contributed by atoms with Crippen molar-refractivity contribution < 1.29 is 52.1 Å². The smallest absolute Gasteiger partial charge is 0.203 e. The van der Waals surface area contributed by atoms with Crippen molar-refractivity contribution in [3.8, 4) is 91.2 Å². The Morgan fingerprint density at radius 1 is 0.151 bits per heavy atom. The second-order valence-electron chi connectivity index (χ2n) is 32.4. The van der Waals surface area contributed by atoms with E-state index in [9.17, 15) is 0 Å². The number of hydrogen-bond acceptors (Lipinski definition) is 16. The van der Waals surface area contributed by atoms with Gasteiger partial charge >= 0.3 is 0 Å². The van der Waals surface area contributed by atoms with Gasteiger partial charge in [0.05, 0.1) is 144 Å². The molecule has 0 aromatic heterocycles. The van der Waals surface area contributed by atoms with Crippen LogP contribution < -0.4 is 108 Å². The van der Waals surface area contributed by atoms with Gasteiger partial charge in [-0.25, -0.2) is 0 Å². The summed E-state index contributed by atoms with van der Waals surface area (Å²) in [6, 6.07) is 157. The summed E-state index contributed by atoms with van der Waals surface area (Å²) in [7, 11) is 37.9. The van der Waals surface area contributed by atoms with E-state index in [0.29, 0.717) is 17.2 Å². The summed E-state index contributed by atoms with van der Waals surface area (Å²) in [5.74, 6) is 9.23. The van der Waals surface area contributed by atoms with Crippen molar-refractivity contribution in [1.82, 2.24) is 0 Å². The molecule has 0 N–H and O–H groups in total. The number of anilines is 15. The quantitative estimate of drug-likeness (QED) is 0.0414. The highest BCUT2D eigenvalue weighted by molar-refractivity contribution is 6.34. The minimum Gasteiger partial charge on any atom is -0.497 e. The Bertz CT molecular complexity index is 6920. The molecule has 0 saturated carbocycles. The van der Waals surface area contributed by atoms with Crippen molar-refractivity contribution in [2.45, 2.75) is 0 Å². The highest BCUT2D eigenvalue weighted by atomic mass is 28.2. The second-order valence-corrected chi connectivity index (χ2v) is 35.8. The Labute approximate surface area is 877 Å². The van der Waals surface area contributed by atoms with Crippen LogP contribution in [0.4, 0.5) is 85.3 Å². The first-order valence-corrected chi connectivity index (χ1v) is 49.6. The van der Waals surface area contributed by atoms with Gasteiger partial charge in [0.25, 0.3) is 0 Å². The van der Waals surface area contributed by atoms with E-state index in [1.54, 1.807) is 71.1 Å². The molecule has 0 aliphatic rings. The van der Waals surface area contributed by atoms with E-state index in [1.807, 2.05) is 231 Å². The minimum atomic E-state index is 0.604. The average molecular weight is 2010 g/mol. The molecule has 0 heterocycles. The molecule has 0 saturated heterocycles. The third kappa shape index (κ3) is 28.0. The zero-order valence-electron chi connectivity index (χ0n) is 82.7. The maximum atomic E-state index is 6.17. The Hall–Kier alpha value is -16.7. The van der Waals surface area contributed by atoms with E-state index < -0.39 is 0 Å². The molecule has 0 atom stereocenters. The van der Waals surface area contributed by atoms with E-state index in [2.05, 4.69) is 323 Å². The minimum absolute atomic E-state index is 0.604. The predicted molar refractivity (Wildman–Crippen MR) is 607 cm³/mol. The zero-order chi connectivity index (χ0) is 102. The molecule has 0 aliphatic heterocycles. The van der Waals surface area contributed by atoms with Gasteiger partial charge < -0.3 is 76.6 Å². The number of benzene rings is 19. The van der Waals surface area contributed by atoms with Crippen LogP contribution >= 0.6 is 0 Å². The summed E-state index contributed by atoms with van der Waals surface area (Å²) in [6.45, 7) is 0. The van der Waals surface area contributed by atoms with E-state index in [0.717, 1.165) is 185 Å². The summed E-state index contributed by atoms with van der Waals surface area (Å²) in [4.78, 5) is 11.0. The van der Waals surface area contributed by atoms with E-state index in [-0.39, 0.29) is 0 Å². The molecule has 0 unspecified atom stereocenters. The number of methoxy groups -OCH3 is 10. The van der Waals surface area contributed by atoms with Crippen molar-refractivity contribution in [3.63, 3.8) is 0 Å². The van der Waals surface area contributed by atoms with Crippen molar-refractivity contribution in [2.75, 3.05) is 95.6 Å². The first-order valence-electron chi connectivity index (χ1n) is 46.6. The fourth-order valence-corrected chi connectivity index (χ4v) is 17.3. The van der Waals surface area contributed by atoms with Gasteiger partial charge in [0.2, 0.25) is 5.75 Å². The second kappa shape index (κ2) is 53.4. The Morgan fingerprint density at radius 2 is 0.404 bits per heavy atom. The summed E-state index contributed by atoms with van der Waals surface area (Å²) in [6.07, 6.45) is 0. The molecule has 0 aliphatic carbocycles. The molecule has 19 aromatic rings. The fraction of sp³-hybridized carbons (Fsp3) is 0.0806. The summed E-state index contributed by atoms with van der Waals surface area (Å²) in [5, 5.41) is 5.92. The van der Waals surface area contributed by atoms with Gasteiger partial charge in [-0.05, 0) is 260 Å². The van der Waals surface area contributed by atoms with E-state index in [1.165, 1.54) is 5.56 Å². The summed E-state index contributed by atoms with van der Waals surface area (Å²) < 4.78 is 59.9. The Balaban J connectivity index is 0.000000141. The molecule has 718 valence electrons. The largest absolute Gasteiger partial charge is 0.497 e. The maximum Gasteiger partial charge on any atom is 0.203 e. The first-order chi connectivity index (χ1) is 71.4. The van der Waals surface area contributed by atoms with Gasteiger partial charge in [0.15, 0.2) is 17.2 Å². The van der Waals surface area contributed by atoms with Crippen LogP contribution in [0.5, 0.6) is 69.0 Å². The highest BCUT2D eigenvalue weighted by Crippen LogP contribution is 2.50. The van der Waals surface area contributed by atoms with Crippen LogP contribution in [0, 0.1) is 0 Å². The van der Waals surface area contributed by atoms with Crippen LogP contribution in [0.1, 0.15) is 0 Å². The number of para-hydroxylation sites is 6. The lowest BCUT2D eigenvalue weighted by Gasteiger charge is -2.32. The topological polar surface area (TPSA) is 118 Å². The molecular weight excluding hydrogens is 1900 g/mol. The van der Waals surface area contributed by atoms with Crippen LogP contribution in [0.15, 0.2) is 467 Å². The van der Waals surface area contributed by atoms with Crippen molar-refractivity contribution in [1.29, 1.82) is 0 Å². The van der Waals surface area contributed by atoms with Gasteiger partial charge in [-0.3, -0.25) is 0 Å². The average Bonchev–Trinajstić information content (AvgIpc) is 0.761. The van der Waals surface area contributed by atoms with Crippen LogP contribution in [-0.4, -0.2) is 133 Å². The lowest BCUT2D eigenvalue weighted by Crippen LogP contribution is -2.19. The van der Waals surface area contributed by atoms with Gasteiger partial charge in [0, 0.05) is 97.2 Å². The monoisotopic (exact) mass is 2010 g/mol. The van der Waals surface area contributed by atoms with Gasteiger partial charge in [-0.1, -0.05) is 237 Å². The van der Waals surface area contributed by atoms with Crippen LogP contribution in [0.3, 0.4) is 0 Å². The predicted octanol–water partition coefficient (Wildman–Crippen LogP) is 25.4. The maximum absolute atomic E-state index is 6.17.